The van der Waals surface area contributed by atoms with Gasteiger partial charge in [-0.25, -0.2) is 25.6 Å². The van der Waals surface area contributed by atoms with Crippen molar-refractivity contribution in [2.24, 2.45) is 0 Å². The molecule has 0 amide bonds. The molecule has 2 aromatic carbocycles. The molecule has 0 aliphatic heterocycles. The lowest BCUT2D eigenvalue weighted by Gasteiger charge is -2.14. The standard InChI is InChI=1S/C20H19F3N2O4S.ClH/c1-24-10-12-11-25(30(26,27)15-6-4-5-14(9-15)28-2)19(20(12)29-3)18-16(22)7-13(21)8-17(18)23;/h4-9,11,24H,10H2,1-3H3;1H. The molecule has 0 fully saturated rings. The summed E-state index contributed by atoms with van der Waals surface area (Å²) >= 11 is 0. The Morgan fingerprint density at radius 3 is 2.23 bits per heavy atom. The molecule has 0 radical (unpaired) electrons. The van der Waals surface area contributed by atoms with Crippen molar-refractivity contribution in [3.05, 3.63) is 65.6 Å². The van der Waals surface area contributed by atoms with Crippen molar-refractivity contribution in [1.29, 1.82) is 0 Å². The summed E-state index contributed by atoms with van der Waals surface area (Å²) in [6.07, 6.45) is 1.21. The Labute approximate surface area is 184 Å². The minimum Gasteiger partial charge on any atom is -0.497 e. The van der Waals surface area contributed by atoms with Gasteiger partial charge in [0.2, 0.25) is 0 Å². The number of nitrogens with zero attached hydrogens (tertiary/aromatic N) is 1. The summed E-state index contributed by atoms with van der Waals surface area (Å²) in [6, 6.07) is 6.59. The van der Waals surface area contributed by atoms with Crippen LogP contribution in [0.3, 0.4) is 0 Å². The fraction of sp³-hybridized carbons (Fsp3) is 0.200. The van der Waals surface area contributed by atoms with Crippen LogP contribution in [0.5, 0.6) is 11.5 Å². The molecule has 0 aliphatic carbocycles. The first kappa shape index (κ1) is 24.6. The molecule has 0 aliphatic rings. The third-order valence-electron chi connectivity index (χ3n) is 4.41. The van der Waals surface area contributed by atoms with Gasteiger partial charge in [-0.15, -0.1) is 12.4 Å². The van der Waals surface area contributed by atoms with Gasteiger partial charge in [0.1, 0.15) is 34.6 Å². The fourth-order valence-corrected chi connectivity index (χ4v) is 4.54. The maximum absolute atomic E-state index is 14.6. The molecule has 11 heteroatoms. The molecule has 6 nitrogen and oxygen atoms in total. The van der Waals surface area contributed by atoms with E-state index in [1.165, 1.54) is 38.6 Å². The van der Waals surface area contributed by atoms with Crippen LogP contribution in [-0.2, 0) is 16.6 Å². The summed E-state index contributed by atoms with van der Waals surface area (Å²) in [5.41, 5.74) is -0.771. The number of hydrogen-bond donors (Lipinski definition) is 1. The molecule has 0 bridgehead atoms. The van der Waals surface area contributed by atoms with Gasteiger partial charge in [0.25, 0.3) is 10.0 Å². The second-order valence-electron chi connectivity index (χ2n) is 6.29. The second kappa shape index (κ2) is 9.63. The number of nitrogens with one attached hydrogen (secondary N) is 1. The van der Waals surface area contributed by atoms with Crippen molar-refractivity contribution in [3.8, 4) is 22.8 Å². The molecule has 0 saturated heterocycles. The molecule has 0 atom stereocenters. The van der Waals surface area contributed by atoms with Gasteiger partial charge in [-0.3, -0.25) is 0 Å². The first-order chi connectivity index (χ1) is 14.2. The van der Waals surface area contributed by atoms with Gasteiger partial charge in [-0.1, -0.05) is 6.07 Å². The average molecular weight is 477 g/mol. The third kappa shape index (κ3) is 4.51. The van der Waals surface area contributed by atoms with E-state index in [4.69, 9.17) is 9.47 Å². The summed E-state index contributed by atoms with van der Waals surface area (Å²) in [5.74, 6) is -3.42. The normalized spacial score (nSPS) is 11.2. The summed E-state index contributed by atoms with van der Waals surface area (Å²) in [6.45, 7) is 0.154. The highest BCUT2D eigenvalue weighted by atomic mass is 35.5. The second-order valence-corrected chi connectivity index (χ2v) is 8.11. The molecule has 0 spiro atoms. The van der Waals surface area contributed by atoms with E-state index in [2.05, 4.69) is 5.32 Å². The van der Waals surface area contributed by atoms with Gasteiger partial charge in [-0.2, -0.15) is 0 Å². The molecule has 1 heterocycles. The van der Waals surface area contributed by atoms with E-state index < -0.39 is 33.0 Å². The van der Waals surface area contributed by atoms with Crippen molar-refractivity contribution in [2.75, 3.05) is 21.3 Å². The van der Waals surface area contributed by atoms with Crippen molar-refractivity contribution < 1.29 is 31.1 Å². The summed E-state index contributed by atoms with van der Waals surface area (Å²) in [7, 11) is -0.0762. The van der Waals surface area contributed by atoms with Crippen LogP contribution in [0.2, 0.25) is 0 Å². The molecule has 3 rings (SSSR count). The first-order valence-electron chi connectivity index (χ1n) is 8.72. The lowest BCUT2D eigenvalue weighted by molar-refractivity contribution is 0.410. The molecule has 3 aromatic rings. The average Bonchev–Trinajstić information content (AvgIpc) is 3.06. The Hall–Kier alpha value is -2.69. The number of hydrogen-bond acceptors (Lipinski definition) is 5. The molecule has 1 N–H and O–H groups in total. The molecule has 1 aromatic heterocycles. The van der Waals surface area contributed by atoms with Crippen molar-refractivity contribution in [1.82, 2.24) is 9.29 Å². The van der Waals surface area contributed by atoms with Crippen LogP contribution >= 0.6 is 12.4 Å². The van der Waals surface area contributed by atoms with Gasteiger partial charge in [0.15, 0.2) is 0 Å². The van der Waals surface area contributed by atoms with Gasteiger partial charge in [0.05, 0.1) is 24.7 Å². The monoisotopic (exact) mass is 476 g/mol. The molecule has 168 valence electrons. The highest BCUT2D eigenvalue weighted by Gasteiger charge is 2.30. The predicted molar refractivity (Wildman–Crippen MR) is 112 cm³/mol. The number of methoxy groups -OCH3 is 2. The highest BCUT2D eigenvalue weighted by molar-refractivity contribution is 7.90. The quantitative estimate of drug-likeness (QED) is 0.559. The van der Waals surface area contributed by atoms with E-state index in [1.54, 1.807) is 13.1 Å². The van der Waals surface area contributed by atoms with Crippen molar-refractivity contribution in [3.63, 3.8) is 0 Å². The van der Waals surface area contributed by atoms with Gasteiger partial charge in [-0.05, 0) is 19.2 Å². The fourth-order valence-electron chi connectivity index (χ4n) is 3.12. The summed E-state index contributed by atoms with van der Waals surface area (Å²) < 4.78 is 80.6. The van der Waals surface area contributed by atoms with Gasteiger partial charge < -0.3 is 14.8 Å². The zero-order valence-electron chi connectivity index (χ0n) is 16.8. The lowest BCUT2D eigenvalue weighted by Crippen LogP contribution is -2.14. The van der Waals surface area contributed by atoms with Crippen molar-refractivity contribution in [2.45, 2.75) is 11.4 Å². The Bertz CT molecular complexity index is 1180. The molecular formula is C20H20ClF3N2O4S. The first-order valence-corrected chi connectivity index (χ1v) is 10.2. The topological polar surface area (TPSA) is 69.6 Å². The molecule has 0 saturated carbocycles. The minimum atomic E-state index is -4.32. The summed E-state index contributed by atoms with van der Waals surface area (Å²) in [5, 5.41) is 2.84. The van der Waals surface area contributed by atoms with E-state index in [1.807, 2.05) is 0 Å². The molecule has 0 unspecified atom stereocenters. The lowest BCUT2D eigenvalue weighted by atomic mass is 10.1. The zero-order valence-corrected chi connectivity index (χ0v) is 18.4. The summed E-state index contributed by atoms with van der Waals surface area (Å²) in [4.78, 5) is -0.167. The smallest absolute Gasteiger partial charge is 0.268 e. The van der Waals surface area contributed by atoms with E-state index in [0.29, 0.717) is 17.7 Å². The predicted octanol–water partition coefficient (Wildman–Crippen LogP) is 3.97. The van der Waals surface area contributed by atoms with Crippen LogP contribution in [-0.4, -0.2) is 33.7 Å². The van der Waals surface area contributed by atoms with E-state index in [-0.39, 0.29) is 41.0 Å². The van der Waals surface area contributed by atoms with Crippen LogP contribution in [0.1, 0.15) is 5.56 Å². The van der Waals surface area contributed by atoms with Crippen LogP contribution < -0.4 is 14.8 Å². The minimum absolute atomic E-state index is 0. The maximum Gasteiger partial charge on any atom is 0.268 e. The van der Waals surface area contributed by atoms with Crippen LogP contribution in [0.25, 0.3) is 11.3 Å². The third-order valence-corrected chi connectivity index (χ3v) is 6.07. The van der Waals surface area contributed by atoms with E-state index >= 15 is 0 Å². The number of halogens is 4. The Morgan fingerprint density at radius 1 is 1.03 bits per heavy atom. The molecular weight excluding hydrogens is 457 g/mol. The highest BCUT2D eigenvalue weighted by Crippen LogP contribution is 2.40. The Morgan fingerprint density at radius 2 is 1.68 bits per heavy atom. The van der Waals surface area contributed by atoms with Crippen molar-refractivity contribution >= 4 is 22.4 Å². The maximum atomic E-state index is 14.6. The zero-order chi connectivity index (χ0) is 22.1. The number of benzene rings is 2. The van der Waals surface area contributed by atoms with Crippen LogP contribution in [0.4, 0.5) is 13.2 Å². The largest absolute Gasteiger partial charge is 0.497 e. The van der Waals surface area contributed by atoms with Gasteiger partial charge in [0, 0.05) is 36.5 Å². The van der Waals surface area contributed by atoms with Crippen LogP contribution in [0, 0.1) is 17.5 Å². The number of rotatable bonds is 7. The van der Waals surface area contributed by atoms with E-state index in [9.17, 15) is 21.6 Å². The van der Waals surface area contributed by atoms with E-state index in [0.717, 1.165) is 3.97 Å². The SMILES string of the molecule is CNCc1cn(S(=O)(=O)c2cccc(OC)c2)c(-c2c(F)cc(F)cc2F)c1OC.Cl. The Balaban J connectivity index is 0.00000341. The van der Waals surface area contributed by atoms with Crippen LogP contribution in [0.15, 0.2) is 47.5 Å². The number of ether oxygens (including phenoxy) is 2. The number of aromatic nitrogens is 1. The Kier molecular flexibility index (Phi) is 7.63. The molecule has 31 heavy (non-hydrogen) atoms. The van der Waals surface area contributed by atoms with Gasteiger partial charge >= 0.3 is 0 Å².